The van der Waals surface area contributed by atoms with E-state index >= 15 is 0 Å². The van der Waals surface area contributed by atoms with Crippen molar-refractivity contribution in [3.8, 4) is 0 Å². The molecule has 0 aliphatic carbocycles. The average molecular weight is 403 g/mol. The smallest absolute Gasteiger partial charge is 0.416 e. The van der Waals surface area contributed by atoms with Crippen molar-refractivity contribution in [1.82, 2.24) is 0 Å². The molecule has 0 aliphatic rings. The highest BCUT2D eigenvalue weighted by atomic mass is 32.2. The number of amides is 1. The maximum Gasteiger partial charge on any atom is 0.416 e. The van der Waals surface area contributed by atoms with E-state index in [2.05, 4.69) is 5.32 Å². The van der Waals surface area contributed by atoms with Gasteiger partial charge in [0.05, 0.1) is 11.3 Å². The third-order valence-corrected chi connectivity index (χ3v) is 5.22. The molecule has 2 aromatic rings. The quantitative estimate of drug-likeness (QED) is 0.688. The van der Waals surface area contributed by atoms with Gasteiger partial charge >= 0.3 is 12.1 Å². The average Bonchev–Trinajstić information content (AvgIpc) is 3.07. The lowest BCUT2D eigenvalue weighted by Gasteiger charge is -2.14. The molecule has 0 saturated carbocycles. The Balaban J connectivity index is 1.76. The molecule has 0 unspecified atom stereocenters. The minimum atomic E-state index is -4.44. The molecule has 1 atom stereocenters. The van der Waals surface area contributed by atoms with E-state index in [1.165, 1.54) is 18.7 Å². The Hall–Kier alpha value is -2.00. The van der Waals surface area contributed by atoms with E-state index in [4.69, 9.17) is 4.74 Å². The van der Waals surface area contributed by atoms with Gasteiger partial charge < -0.3 is 10.1 Å². The molecular weight excluding hydrogens is 387 g/mol. The largest absolute Gasteiger partial charge is 0.452 e. The standard InChI is InChI=1S/C17H16F3NO3S2/c1-11(24-15(22)10-25-9-14-3-2-8-26-14)16(23)21-13-6-4-12(5-7-13)17(18,19)20/h2-8,11H,9-10H2,1H3,(H,21,23)/t11-/m0/s1. The van der Waals surface area contributed by atoms with Gasteiger partial charge in [-0.1, -0.05) is 6.07 Å². The second-order valence-electron chi connectivity index (χ2n) is 5.27. The lowest BCUT2D eigenvalue weighted by atomic mass is 10.2. The van der Waals surface area contributed by atoms with E-state index in [0.717, 1.165) is 29.1 Å². The number of ether oxygens (including phenoxy) is 1. The monoisotopic (exact) mass is 403 g/mol. The maximum absolute atomic E-state index is 12.5. The number of thiophene rings is 1. The van der Waals surface area contributed by atoms with Crippen molar-refractivity contribution in [3.05, 3.63) is 52.2 Å². The van der Waals surface area contributed by atoms with Crippen LogP contribution < -0.4 is 5.32 Å². The zero-order valence-corrected chi connectivity index (χ0v) is 15.3. The first-order chi connectivity index (χ1) is 12.3. The summed E-state index contributed by atoms with van der Waals surface area (Å²) in [6.45, 7) is 1.40. The van der Waals surface area contributed by atoms with Crippen LogP contribution in [0.15, 0.2) is 41.8 Å². The van der Waals surface area contributed by atoms with Gasteiger partial charge in [-0.05, 0) is 42.6 Å². The van der Waals surface area contributed by atoms with E-state index in [1.54, 1.807) is 11.3 Å². The molecule has 2 rings (SSSR count). The number of alkyl halides is 3. The van der Waals surface area contributed by atoms with Crippen LogP contribution in [0.3, 0.4) is 0 Å². The number of rotatable bonds is 7. The number of thioether (sulfide) groups is 1. The van der Waals surface area contributed by atoms with E-state index in [9.17, 15) is 22.8 Å². The van der Waals surface area contributed by atoms with Crippen LogP contribution in [0.5, 0.6) is 0 Å². The van der Waals surface area contributed by atoms with E-state index in [-0.39, 0.29) is 11.4 Å². The molecule has 0 fully saturated rings. The number of nitrogens with one attached hydrogen (secondary N) is 1. The Labute approximate surface area is 156 Å². The van der Waals surface area contributed by atoms with Crippen LogP contribution in [-0.2, 0) is 26.3 Å². The van der Waals surface area contributed by atoms with Crippen molar-refractivity contribution >= 4 is 40.7 Å². The van der Waals surface area contributed by atoms with Gasteiger partial charge in [0.2, 0.25) is 0 Å². The van der Waals surface area contributed by atoms with Crippen molar-refractivity contribution in [3.63, 3.8) is 0 Å². The first-order valence-corrected chi connectivity index (χ1v) is 9.57. The highest BCUT2D eigenvalue weighted by Gasteiger charge is 2.30. The number of benzene rings is 1. The van der Waals surface area contributed by atoms with Crippen molar-refractivity contribution in [2.24, 2.45) is 0 Å². The number of esters is 1. The minimum absolute atomic E-state index is 0.107. The van der Waals surface area contributed by atoms with Gasteiger partial charge in [-0.3, -0.25) is 9.59 Å². The van der Waals surface area contributed by atoms with Crippen LogP contribution in [0.2, 0.25) is 0 Å². The van der Waals surface area contributed by atoms with Crippen LogP contribution >= 0.6 is 23.1 Å². The highest BCUT2D eigenvalue weighted by Crippen LogP contribution is 2.29. The molecule has 1 amide bonds. The predicted octanol–water partition coefficient (Wildman–Crippen LogP) is 4.57. The summed E-state index contributed by atoms with van der Waals surface area (Å²) in [4.78, 5) is 24.9. The number of hydrogen-bond acceptors (Lipinski definition) is 5. The number of halogens is 3. The third-order valence-electron chi connectivity index (χ3n) is 3.20. The van der Waals surface area contributed by atoms with Crippen molar-refractivity contribution in [2.75, 3.05) is 11.1 Å². The summed E-state index contributed by atoms with van der Waals surface area (Å²) < 4.78 is 42.5. The summed E-state index contributed by atoms with van der Waals surface area (Å²) in [5, 5.41) is 4.36. The SMILES string of the molecule is C[C@H](OC(=O)CSCc1cccs1)C(=O)Nc1ccc(C(F)(F)F)cc1. The van der Waals surface area contributed by atoms with Crippen molar-refractivity contribution < 1.29 is 27.5 Å². The van der Waals surface area contributed by atoms with Crippen LogP contribution in [0.25, 0.3) is 0 Å². The van der Waals surface area contributed by atoms with Crippen LogP contribution in [0, 0.1) is 0 Å². The summed E-state index contributed by atoms with van der Waals surface area (Å²) in [6.07, 6.45) is -5.49. The highest BCUT2D eigenvalue weighted by molar-refractivity contribution is 7.99. The van der Waals surface area contributed by atoms with Gasteiger partial charge in [0.1, 0.15) is 0 Å². The lowest BCUT2D eigenvalue weighted by Crippen LogP contribution is -2.30. The van der Waals surface area contributed by atoms with E-state index < -0.39 is 29.7 Å². The van der Waals surface area contributed by atoms with Crippen LogP contribution in [0.4, 0.5) is 18.9 Å². The van der Waals surface area contributed by atoms with Crippen molar-refractivity contribution in [2.45, 2.75) is 25.0 Å². The molecule has 0 aliphatic heterocycles. The second kappa shape index (κ2) is 9.09. The fourth-order valence-electron chi connectivity index (χ4n) is 1.90. The Morgan fingerprint density at radius 3 is 2.50 bits per heavy atom. The molecular formula is C17H16F3NO3S2. The molecule has 0 saturated heterocycles. The third kappa shape index (κ3) is 6.38. The normalized spacial score (nSPS) is 12.5. The molecule has 0 bridgehead atoms. The van der Waals surface area contributed by atoms with Gasteiger partial charge in [0.25, 0.3) is 5.91 Å². The fraction of sp³-hybridized carbons (Fsp3) is 0.294. The minimum Gasteiger partial charge on any atom is -0.452 e. The van der Waals surface area contributed by atoms with Gasteiger partial charge in [-0.2, -0.15) is 13.2 Å². The Bertz CT molecular complexity index is 731. The molecule has 1 heterocycles. The number of carbonyl (C=O) groups is 2. The Morgan fingerprint density at radius 2 is 1.92 bits per heavy atom. The van der Waals surface area contributed by atoms with Gasteiger partial charge in [-0.15, -0.1) is 23.1 Å². The Kier molecular flexibility index (Phi) is 7.10. The van der Waals surface area contributed by atoms with Gasteiger partial charge in [0, 0.05) is 16.3 Å². The van der Waals surface area contributed by atoms with Gasteiger partial charge in [-0.25, -0.2) is 0 Å². The molecule has 1 aromatic carbocycles. The number of hydrogen-bond donors (Lipinski definition) is 1. The molecule has 4 nitrogen and oxygen atoms in total. The molecule has 26 heavy (non-hydrogen) atoms. The predicted molar refractivity (Wildman–Crippen MR) is 96.1 cm³/mol. The van der Waals surface area contributed by atoms with E-state index in [1.807, 2.05) is 17.5 Å². The van der Waals surface area contributed by atoms with Crippen LogP contribution in [-0.4, -0.2) is 23.7 Å². The fourth-order valence-corrected chi connectivity index (χ4v) is 3.55. The molecule has 0 radical (unpaired) electrons. The number of carbonyl (C=O) groups excluding carboxylic acids is 2. The topological polar surface area (TPSA) is 55.4 Å². The van der Waals surface area contributed by atoms with Gasteiger partial charge in [0.15, 0.2) is 6.10 Å². The lowest BCUT2D eigenvalue weighted by molar-refractivity contribution is -0.150. The van der Waals surface area contributed by atoms with Crippen molar-refractivity contribution in [1.29, 1.82) is 0 Å². The second-order valence-corrected chi connectivity index (χ2v) is 7.29. The van der Waals surface area contributed by atoms with Crippen LogP contribution in [0.1, 0.15) is 17.4 Å². The first-order valence-electron chi connectivity index (χ1n) is 7.53. The summed E-state index contributed by atoms with van der Waals surface area (Å²) in [5.74, 6) is -0.350. The summed E-state index contributed by atoms with van der Waals surface area (Å²) in [5.41, 5.74) is -0.615. The molecule has 140 valence electrons. The zero-order valence-electron chi connectivity index (χ0n) is 13.7. The molecule has 9 heteroatoms. The first kappa shape index (κ1) is 20.3. The van der Waals surface area contributed by atoms with E-state index in [0.29, 0.717) is 5.75 Å². The number of anilines is 1. The molecule has 1 N–H and O–H groups in total. The summed E-state index contributed by atoms with van der Waals surface area (Å²) in [7, 11) is 0. The summed E-state index contributed by atoms with van der Waals surface area (Å²) in [6, 6.07) is 7.91. The summed E-state index contributed by atoms with van der Waals surface area (Å²) >= 11 is 2.97. The zero-order chi connectivity index (χ0) is 19.2. The molecule has 0 spiro atoms. The molecule has 1 aromatic heterocycles. The Morgan fingerprint density at radius 1 is 1.23 bits per heavy atom. The maximum atomic E-state index is 12.5.